The van der Waals surface area contributed by atoms with Gasteiger partial charge in [0.15, 0.2) is 0 Å². The summed E-state index contributed by atoms with van der Waals surface area (Å²) in [5.74, 6) is -0.941. The fourth-order valence-electron chi connectivity index (χ4n) is 3.44. The lowest BCUT2D eigenvalue weighted by molar-refractivity contribution is -0.118. The Morgan fingerprint density at radius 1 is 1.21 bits per heavy atom. The van der Waals surface area contributed by atoms with Crippen molar-refractivity contribution < 1.29 is 26.8 Å². The Hall–Kier alpha value is -3.47. The third-order valence-electron chi connectivity index (χ3n) is 5.21. The summed E-state index contributed by atoms with van der Waals surface area (Å²) in [7, 11) is -0.791. The van der Waals surface area contributed by atoms with Gasteiger partial charge >= 0.3 is 0 Å². The lowest BCUT2D eigenvalue weighted by Crippen LogP contribution is -2.27. The fourth-order valence-corrected chi connectivity index (χ4v) is 3.91. The number of primary amides is 1. The van der Waals surface area contributed by atoms with Crippen LogP contribution in [0.2, 0.25) is 0 Å². The number of fused-ring (bicyclic) bond motifs is 1. The second-order valence-corrected chi connectivity index (χ2v) is 9.63. The maximum atomic E-state index is 13.4. The van der Waals surface area contributed by atoms with Crippen LogP contribution in [0.4, 0.5) is 10.2 Å². The van der Waals surface area contributed by atoms with Gasteiger partial charge < -0.3 is 15.5 Å². The van der Waals surface area contributed by atoms with Crippen LogP contribution in [0.25, 0.3) is 22.4 Å². The van der Waals surface area contributed by atoms with E-state index in [2.05, 4.69) is 10.3 Å². The fraction of sp³-hybridized carbons (Fsp3) is 0.318. The van der Waals surface area contributed by atoms with E-state index in [4.69, 9.17) is 10.2 Å². The highest BCUT2D eigenvalue weighted by Crippen LogP contribution is 2.36. The molecular weight excluding hydrogens is 451 g/mol. The van der Waals surface area contributed by atoms with Crippen molar-refractivity contribution >= 4 is 38.8 Å². The van der Waals surface area contributed by atoms with E-state index in [1.54, 1.807) is 6.07 Å². The van der Waals surface area contributed by atoms with Crippen molar-refractivity contribution in [3.05, 3.63) is 47.3 Å². The Morgan fingerprint density at radius 3 is 2.45 bits per heavy atom. The molecule has 176 valence electrons. The maximum absolute atomic E-state index is 13.4. The molecule has 0 unspecified atom stereocenters. The van der Waals surface area contributed by atoms with Crippen LogP contribution in [0, 0.1) is 5.82 Å². The Morgan fingerprint density at radius 2 is 1.88 bits per heavy atom. The Balaban J connectivity index is 2.20. The second kappa shape index (κ2) is 9.57. The lowest BCUT2D eigenvalue weighted by atomic mass is 10.0. The molecule has 0 aliphatic heterocycles. The molecule has 9 nitrogen and oxygen atoms in total. The Bertz CT molecular complexity index is 1300. The number of sulfonamides is 1. The second-order valence-electron chi connectivity index (χ2n) is 7.62. The molecule has 0 saturated carbocycles. The molecule has 33 heavy (non-hydrogen) atoms. The molecule has 0 radical (unpaired) electrons. The molecule has 3 rings (SSSR count). The molecule has 0 spiro atoms. The number of rotatable bonds is 9. The SMILES string of the molecule is CNC(=O)c1c(-c2ccc(F)cc2)oc2nc(N(C)S(C)(=O)=O)c(CCCCC(N)=O)cc12. The quantitative estimate of drug-likeness (QED) is 0.456. The van der Waals surface area contributed by atoms with Gasteiger partial charge in [-0.25, -0.2) is 12.8 Å². The summed E-state index contributed by atoms with van der Waals surface area (Å²) in [6.45, 7) is 0. The summed E-state index contributed by atoms with van der Waals surface area (Å²) in [4.78, 5) is 28.2. The number of nitrogens with one attached hydrogen (secondary N) is 1. The van der Waals surface area contributed by atoms with Crippen molar-refractivity contribution in [3.63, 3.8) is 0 Å². The summed E-state index contributed by atoms with van der Waals surface area (Å²) in [5.41, 5.74) is 6.51. The predicted octanol–water partition coefficient (Wildman–Crippen LogP) is 2.59. The number of carbonyl (C=O) groups excluding carboxylic acids is 2. The van der Waals surface area contributed by atoms with Gasteiger partial charge in [0.1, 0.15) is 17.4 Å². The normalized spacial score (nSPS) is 11.5. The van der Waals surface area contributed by atoms with Crippen molar-refractivity contribution in [1.82, 2.24) is 10.3 Å². The van der Waals surface area contributed by atoms with E-state index in [0.29, 0.717) is 35.8 Å². The zero-order chi connectivity index (χ0) is 24.3. The average Bonchev–Trinajstić information content (AvgIpc) is 3.13. The first kappa shape index (κ1) is 24.2. The third kappa shape index (κ3) is 5.30. The standard InChI is InChI=1S/C22H25FN4O5S/c1-25-21(29)18-16-12-14(6-4-5-7-17(24)28)20(27(2)33(3,30)31)26-22(16)32-19(18)13-8-10-15(23)11-9-13/h8-12H,4-7H2,1-3H3,(H2,24,28)(H,25,29). The molecular formula is C22H25FN4O5S. The van der Waals surface area contributed by atoms with Gasteiger partial charge in [0.05, 0.1) is 17.2 Å². The highest BCUT2D eigenvalue weighted by Gasteiger charge is 2.26. The number of aromatic nitrogens is 1. The largest absolute Gasteiger partial charge is 0.437 e. The number of halogens is 1. The summed E-state index contributed by atoms with van der Waals surface area (Å²) in [6, 6.07) is 7.12. The van der Waals surface area contributed by atoms with Crippen LogP contribution in [0.15, 0.2) is 34.7 Å². The number of benzene rings is 1. The van der Waals surface area contributed by atoms with E-state index in [0.717, 1.165) is 10.6 Å². The van der Waals surface area contributed by atoms with Gasteiger partial charge in [-0.15, -0.1) is 0 Å². The number of aryl methyl sites for hydroxylation is 1. The highest BCUT2D eigenvalue weighted by molar-refractivity contribution is 7.92. The average molecular weight is 477 g/mol. The van der Waals surface area contributed by atoms with Gasteiger partial charge in [0.2, 0.25) is 21.6 Å². The monoisotopic (exact) mass is 476 g/mol. The molecule has 11 heteroatoms. The smallest absolute Gasteiger partial charge is 0.255 e. The van der Waals surface area contributed by atoms with Crippen molar-refractivity contribution in [1.29, 1.82) is 0 Å². The maximum Gasteiger partial charge on any atom is 0.255 e. The number of hydrogen-bond acceptors (Lipinski definition) is 6. The van der Waals surface area contributed by atoms with E-state index in [-0.39, 0.29) is 29.3 Å². The van der Waals surface area contributed by atoms with Crippen LogP contribution in [-0.4, -0.2) is 45.6 Å². The first-order valence-electron chi connectivity index (χ1n) is 10.2. The number of furan rings is 1. The molecule has 2 heterocycles. The zero-order valence-corrected chi connectivity index (χ0v) is 19.3. The molecule has 3 N–H and O–H groups in total. The number of carbonyl (C=O) groups is 2. The minimum absolute atomic E-state index is 0.0688. The summed E-state index contributed by atoms with van der Waals surface area (Å²) >= 11 is 0. The van der Waals surface area contributed by atoms with Crippen molar-refractivity contribution in [3.8, 4) is 11.3 Å². The molecule has 0 saturated heterocycles. The number of nitrogens with two attached hydrogens (primary N) is 1. The zero-order valence-electron chi connectivity index (χ0n) is 18.5. The van der Waals surface area contributed by atoms with Gasteiger partial charge in [-0.3, -0.25) is 13.9 Å². The Kier molecular flexibility index (Phi) is 7.01. The number of amides is 2. The Labute approximate surface area is 190 Å². The van der Waals surface area contributed by atoms with E-state index in [1.807, 2.05) is 0 Å². The number of hydrogen-bond donors (Lipinski definition) is 2. The third-order valence-corrected chi connectivity index (χ3v) is 6.38. The van der Waals surface area contributed by atoms with Crippen LogP contribution in [0.5, 0.6) is 0 Å². The minimum atomic E-state index is -3.64. The van der Waals surface area contributed by atoms with Gasteiger partial charge in [-0.1, -0.05) is 0 Å². The molecule has 2 aromatic heterocycles. The highest BCUT2D eigenvalue weighted by atomic mass is 32.2. The van der Waals surface area contributed by atoms with Crippen LogP contribution in [0.1, 0.15) is 35.2 Å². The van der Waals surface area contributed by atoms with E-state index in [1.165, 1.54) is 38.4 Å². The molecule has 2 amide bonds. The topological polar surface area (TPSA) is 136 Å². The van der Waals surface area contributed by atoms with Crippen molar-refractivity contribution in [2.45, 2.75) is 25.7 Å². The predicted molar refractivity (Wildman–Crippen MR) is 123 cm³/mol. The van der Waals surface area contributed by atoms with E-state index < -0.39 is 27.7 Å². The molecule has 0 fully saturated rings. The minimum Gasteiger partial charge on any atom is -0.437 e. The number of anilines is 1. The molecule has 0 aliphatic rings. The molecule has 0 bridgehead atoms. The molecule has 1 aromatic carbocycles. The number of pyridine rings is 1. The molecule has 0 aliphatic carbocycles. The van der Waals surface area contributed by atoms with Crippen molar-refractivity contribution in [2.24, 2.45) is 5.73 Å². The first-order valence-corrected chi connectivity index (χ1v) is 12.0. The van der Waals surface area contributed by atoms with Gasteiger partial charge in [-0.05, 0) is 55.2 Å². The molecule has 0 atom stereocenters. The summed E-state index contributed by atoms with van der Waals surface area (Å²) in [5, 5.41) is 2.96. The number of unbranched alkanes of at least 4 members (excludes halogenated alkanes) is 1. The van der Waals surface area contributed by atoms with Gasteiger partial charge in [0, 0.05) is 26.1 Å². The van der Waals surface area contributed by atoms with Crippen LogP contribution >= 0.6 is 0 Å². The van der Waals surface area contributed by atoms with Crippen LogP contribution in [-0.2, 0) is 21.2 Å². The van der Waals surface area contributed by atoms with E-state index in [9.17, 15) is 22.4 Å². The summed E-state index contributed by atoms with van der Waals surface area (Å²) in [6.07, 6.45) is 2.73. The lowest BCUT2D eigenvalue weighted by Gasteiger charge is -2.19. The molecule has 3 aromatic rings. The number of nitrogens with zero attached hydrogens (tertiary/aromatic N) is 2. The van der Waals surface area contributed by atoms with Crippen LogP contribution in [0.3, 0.4) is 0 Å². The first-order chi connectivity index (χ1) is 15.5. The van der Waals surface area contributed by atoms with Crippen molar-refractivity contribution in [2.75, 3.05) is 24.7 Å². The van der Waals surface area contributed by atoms with Gasteiger partial charge in [0.25, 0.3) is 5.91 Å². The van der Waals surface area contributed by atoms with Crippen LogP contribution < -0.4 is 15.4 Å². The van der Waals surface area contributed by atoms with Gasteiger partial charge in [-0.2, -0.15) is 4.98 Å². The van der Waals surface area contributed by atoms with E-state index >= 15 is 0 Å². The summed E-state index contributed by atoms with van der Waals surface area (Å²) < 4.78 is 44.8.